The van der Waals surface area contributed by atoms with E-state index < -0.39 is 5.97 Å². The number of hydrogen-bond donors (Lipinski definition) is 1. The van der Waals surface area contributed by atoms with Crippen LogP contribution >= 0.6 is 23.2 Å². The molecule has 39 heavy (non-hydrogen) atoms. The van der Waals surface area contributed by atoms with Crippen LogP contribution in [0.15, 0.2) is 78.0 Å². The molecule has 3 aromatic carbocycles. The Morgan fingerprint density at radius 3 is 2.41 bits per heavy atom. The quantitative estimate of drug-likeness (QED) is 0.208. The van der Waals surface area contributed by atoms with E-state index in [0.29, 0.717) is 22.2 Å². The molecule has 1 aromatic heterocycles. The number of aromatic nitrogens is 1. The van der Waals surface area contributed by atoms with Crippen molar-refractivity contribution in [3.63, 3.8) is 0 Å². The number of halogens is 2. The Hall–Kier alpha value is -3.61. The molecule has 0 aliphatic carbocycles. The van der Waals surface area contributed by atoms with Crippen LogP contribution in [-0.4, -0.2) is 34.5 Å². The Morgan fingerprint density at radius 2 is 1.72 bits per heavy atom. The second-order valence-corrected chi connectivity index (χ2v) is 10.7. The predicted octanol–water partition coefficient (Wildman–Crippen LogP) is 8.14. The third-order valence-corrected chi connectivity index (χ3v) is 7.55. The van der Waals surface area contributed by atoms with E-state index in [2.05, 4.69) is 24.0 Å². The lowest BCUT2D eigenvalue weighted by Gasteiger charge is -2.22. The van der Waals surface area contributed by atoms with Crippen molar-refractivity contribution in [2.24, 2.45) is 17.0 Å². The molecule has 0 radical (unpaired) electrons. The van der Waals surface area contributed by atoms with Crippen LogP contribution in [0.2, 0.25) is 10.0 Å². The van der Waals surface area contributed by atoms with Crippen LogP contribution < -0.4 is 4.74 Å². The average Bonchev–Trinajstić information content (AvgIpc) is 3.34. The van der Waals surface area contributed by atoms with Crippen LogP contribution in [0.3, 0.4) is 0 Å². The van der Waals surface area contributed by atoms with E-state index in [-0.39, 0.29) is 23.6 Å². The molecule has 0 amide bonds. The fourth-order valence-corrected chi connectivity index (χ4v) is 5.53. The number of rotatable bonds is 9. The minimum absolute atomic E-state index is 0.0353. The first kappa shape index (κ1) is 27.0. The first-order valence-corrected chi connectivity index (χ1v) is 13.6. The van der Waals surface area contributed by atoms with Gasteiger partial charge in [-0.15, -0.1) is 0 Å². The number of aromatic carboxylic acids is 1. The number of fused-ring (bicyclic) bond motifs is 1. The summed E-state index contributed by atoms with van der Waals surface area (Å²) in [6.45, 7) is 4.81. The van der Waals surface area contributed by atoms with E-state index in [1.165, 1.54) is 6.07 Å². The highest BCUT2D eigenvalue weighted by Crippen LogP contribution is 2.36. The highest BCUT2D eigenvalue weighted by Gasteiger charge is 2.38. The Balaban J connectivity index is 1.21. The topological polar surface area (TPSA) is 81.0 Å². The van der Waals surface area contributed by atoms with Gasteiger partial charge in [0.05, 0.1) is 27.9 Å². The van der Waals surface area contributed by atoms with Crippen LogP contribution in [0.1, 0.15) is 42.7 Å². The molecule has 1 N–H and O–H groups in total. The van der Waals surface area contributed by atoms with Crippen molar-refractivity contribution in [3.8, 4) is 16.9 Å². The van der Waals surface area contributed by atoms with Crippen molar-refractivity contribution in [1.29, 1.82) is 0 Å². The lowest BCUT2D eigenvalue weighted by molar-refractivity contribution is 0.0254. The zero-order valence-corrected chi connectivity index (χ0v) is 23.1. The summed E-state index contributed by atoms with van der Waals surface area (Å²) in [6.07, 6.45) is 1.60. The Bertz CT molecular complexity index is 1520. The average molecular weight is 563 g/mol. The molecule has 0 fully saturated rings. The maximum atomic E-state index is 11.2. The summed E-state index contributed by atoms with van der Waals surface area (Å²) in [5.74, 6) is 0.114. The lowest BCUT2D eigenvalue weighted by atomic mass is 9.84. The maximum Gasteiger partial charge on any atom is 0.354 e. The number of carbonyl (C=O) groups is 1. The van der Waals surface area contributed by atoms with Gasteiger partial charge < -0.3 is 14.7 Å². The number of benzene rings is 3. The predicted molar refractivity (Wildman–Crippen MR) is 155 cm³/mol. The largest absolute Gasteiger partial charge is 0.494 e. The number of ether oxygens (including phenoxy) is 1. The highest BCUT2D eigenvalue weighted by atomic mass is 35.5. The monoisotopic (exact) mass is 562 g/mol. The van der Waals surface area contributed by atoms with Gasteiger partial charge in [-0.05, 0) is 72.4 Å². The van der Waals surface area contributed by atoms with Crippen molar-refractivity contribution in [3.05, 3.63) is 94.1 Å². The third kappa shape index (κ3) is 5.87. The number of hydrogen-bond acceptors (Lipinski definition) is 5. The van der Waals surface area contributed by atoms with Crippen LogP contribution in [0.5, 0.6) is 5.75 Å². The molecule has 0 spiro atoms. The molecule has 1 aliphatic rings. The second kappa shape index (κ2) is 11.6. The molecule has 0 bridgehead atoms. The number of pyridine rings is 1. The molecule has 0 saturated heterocycles. The number of carboxylic acid groups (broad SMARTS) is 1. The molecule has 1 aliphatic heterocycles. The summed E-state index contributed by atoms with van der Waals surface area (Å²) in [7, 11) is 0. The SMILES string of the molecule is CC(C)C1ON=C(c2c(Cl)cccc2Cl)C1CCCOc1ccc(-c2ccc3nc(C(=O)O)ccc3c2)cc1. The highest BCUT2D eigenvalue weighted by molar-refractivity contribution is 6.40. The number of carboxylic acids is 1. The Labute approximate surface area is 237 Å². The van der Waals surface area contributed by atoms with E-state index in [4.69, 9.17) is 37.9 Å². The van der Waals surface area contributed by atoms with Crippen molar-refractivity contribution >= 4 is 45.8 Å². The van der Waals surface area contributed by atoms with Crippen molar-refractivity contribution in [1.82, 2.24) is 4.98 Å². The summed E-state index contributed by atoms with van der Waals surface area (Å²) in [5, 5.41) is 15.6. The van der Waals surface area contributed by atoms with Crippen molar-refractivity contribution in [2.75, 3.05) is 6.61 Å². The van der Waals surface area contributed by atoms with Crippen LogP contribution in [-0.2, 0) is 4.84 Å². The van der Waals surface area contributed by atoms with Gasteiger partial charge in [-0.1, -0.05) is 72.5 Å². The molecule has 6 nitrogen and oxygen atoms in total. The molecule has 5 rings (SSSR count). The minimum Gasteiger partial charge on any atom is -0.494 e. The van der Waals surface area contributed by atoms with Gasteiger partial charge in [-0.25, -0.2) is 9.78 Å². The summed E-state index contributed by atoms with van der Waals surface area (Å²) in [4.78, 5) is 21.2. The van der Waals surface area contributed by atoms with Gasteiger partial charge in [0, 0.05) is 16.9 Å². The zero-order chi connectivity index (χ0) is 27.5. The van der Waals surface area contributed by atoms with Gasteiger partial charge in [0.15, 0.2) is 0 Å². The number of nitrogens with zero attached hydrogens (tertiary/aromatic N) is 2. The van der Waals surface area contributed by atoms with Crippen LogP contribution in [0.4, 0.5) is 0 Å². The Morgan fingerprint density at radius 1 is 1.00 bits per heavy atom. The molecule has 2 atom stereocenters. The summed E-state index contributed by atoms with van der Waals surface area (Å²) >= 11 is 13.0. The third-order valence-electron chi connectivity index (χ3n) is 6.92. The lowest BCUT2D eigenvalue weighted by Crippen LogP contribution is -2.29. The molecular weight excluding hydrogens is 535 g/mol. The summed E-state index contributed by atoms with van der Waals surface area (Å²) < 4.78 is 6.05. The van der Waals surface area contributed by atoms with Gasteiger partial charge in [0.2, 0.25) is 0 Å². The molecule has 200 valence electrons. The van der Waals surface area contributed by atoms with Gasteiger partial charge in [-0.3, -0.25) is 0 Å². The fraction of sp³-hybridized carbons (Fsp3) is 0.258. The molecule has 2 unspecified atom stereocenters. The molecule has 0 saturated carbocycles. The minimum atomic E-state index is -1.04. The molecule has 4 aromatic rings. The Kier molecular flexibility index (Phi) is 8.05. The molecule has 2 heterocycles. The summed E-state index contributed by atoms with van der Waals surface area (Å²) in [6, 6.07) is 22.5. The fourth-order valence-electron chi connectivity index (χ4n) is 4.94. The van der Waals surface area contributed by atoms with E-state index in [9.17, 15) is 4.79 Å². The van der Waals surface area contributed by atoms with Crippen LogP contribution in [0, 0.1) is 11.8 Å². The van der Waals surface area contributed by atoms with Gasteiger partial charge in [0.25, 0.3) is 0 Å². The normalized spacial score (nSPS) is 16.8. The zero-order valence-electron chi connectivity index (χ0n) is 21.6. The van der Waals surface area contributed by atoms with E-state index in [0.717, 1.165) is 46.4 Å². The molecular formula is C31H28Cl2N2O4. The van der Waals surface area contributed by atoms with E-state index >= 15 is 0 Å². The first-order valence-electron chi connectivity index (χ1n) is 12.9. The maximum absolute atomic E-state index is 11.2. The second-order valence-electron chi connectivity index (χ2n) is 9.92. The molecule has 8 heteroatoms. The van der Waals surface area contributed by atoms with Crippen molar-refractivity contribution < 1.29 is 19.5 Å². The van der Waals surface area contributed by atoms with Crippen LogP contribution in [0.25, 0.3) is 22.0 Å². The van der Waals surface area contributed by atoms with Gasteiger partial charge in [0.1, 0.15) is 17.5 Å². The van der Waals surface area contributed by atoms with Crippen molar-refractivity contribution in [2.45, 2.75) is 32.8 Å². The summed E-state index contributed by atoms with van der Waals surface area (Å²) in [5.41, 5.74) is 4.29. The first-order chi connectivity index (χ1) is 18.8. The standard InChI is InChI=1S/C31H28Cl2N2O4/c1-18(2)30-23(29(35-39-30)28-24(32)6-3-7-25(28)33)5-4-16-38-22-12-8-19(9-13-22)20-10-14-26-21(17-20)11-15-27(34-26)31(36)37/h3,6-15,17-18,23,30H,4-5,16H2,1-2H3,(H,36,37). The van der Waals surface area contributed by atoms with Gasteiger partial charge in [-0.2, -0.15) is 0 Å². The van der Waals surface area contributed by atoms with Gasteiger partial charge >= 0.3 is 5.97 Å². The van der Waals surface area contributed by atoms with E-state index in [1.807, 2.05) is 60.7 Å². The number of oxime groups is 1. The van der Waals surface area contributed by atoms with E-state index in [1.54, 1.807) is 6.07 Å². The smallest absolute Gasteiger partial charge is 0.354 e.